The van der Waals surface area contributed by atoms with E-state index in [0.717, 1.165) is 45.9 Å². The zero-order chi connectivity index (χ0) is 26.0. The summed E-state index contributed by atoms with van der Waals surface area (Å²) >= 11 is 3.74. The summed E-state index contributed by atoms with van der Waals surface area (Å²) in [5, 5.41) is 8.63. The maximum absolute atomic E-state index is 5.37. The number of pyridine rings is 2. The second kappa shape index (κ2) is 8.86. The van der Waals surface area contributed by atoms with Crippen molar-refractivity contribution in [3.05, 3.63) is 120 Å². The van der Waals surface area contributed by atoms with Crippen molar-refractivity contribution in [1.29, 1.82) is 0 Å². The van der Waals surface area contributed by atoms with Crippen LogP contribution in [-0.4, -0.2) is 29.5 Å². The van der Waals surface area contributed by atoms with Crippen LogP contribution in [0.4, 0.5) is 0 Å². The number of para-hydroxylation sites is 2. The maximum atomic E-state index is 5.37. The van der Waals surface area contributed by atoms with Crippen LogP contribution in [0.15, 0.2) is 109 Å². The van der Waals surface area contributed by atoms with Gasteiger partial charge in [0.2, 0.25) is 0 Å². The van der Waals surface area contributed by atoms with Crippen LogP contribution in [0, 0.1) is 0 Å². The normalized spacial score (nSPS) is 13.4. The van der Waals surface area contributed by atoms with Crippen molar-refractivity contribution in [3.8, 4) is 0 Å². The van der Waals surface area contributed by atoms with Gasteiger partial charge < -0.3 is 0 Å². The molecule has 0 amide bonds. The standard InChI is InChI=1S/C34H24N3PSe/c39-38(23-12-3-1-4-13-23,24-14-5-2-6-15-24)32-21-11-18-28-26(32)22-27-33(35-28)25-16-7-9-19-30(25)37-31-20-10-8-17-29(31)36-34(27)37/h1-6,8,10-22H,7,9H2. The molecule has 186 valence electrons. The van der Waals surface area contributed by atoms with Gasteiger partial charge in [0.05, 0.1) is 0 Å². The van der Waals surface area contributed by atoms with Gasteiger partial charge in [-0.15, -0.1) is 0 Å². The van der Waals surface area contributed by atoms with E-state index in [4.69, 9.17) is 9.97 Å². The van der Waals surface area contributed by atoms with Crippen LogP contribution < -0.4 is 26.5 Å². The summed E-state index contributed by atoms with van der Waals surface area (Å²) in [6.45, 7) is 0. The monoisotopic (exact) mass is 585 g/mol. The van der Waals surface area contributed by atoms with E-state index >= 15 is 0 Å². The number of aromatic nitrogens is 3. The third-order valence-electron chi connectivity index (χ3n) is 7.84. The number of nitrogens with zero attached hydrogens (tertiary/aromatic N) is 3. The second-order valence-electron chi connectivity index (χ2n) is 10.1. The summed E-state index contributed by atoms with van der Waals surface area (Å²) in [6, 6.07) is 39.2. The van der Waals surface area contributed by atoms with E-state index in [9.17, 15) is 0 Å². The van der Waals surface area contributed by atoms with Gasteiger partial charge >= 0.3 is 234 Å². The van der Waals surface area contributed by atoms with Crippen LogP contribution in [0.5, 0.6) is 0 Å². The van der Waals surface area contributed by atoms with Gasteiger partial charge in [0.25, 0.3) is 0 Å². The van der Waals surface area contributed by atoms with Gasteiger partial charge in [0.15, 0.2) is 0 Å². The van der Waals surface area contributed by atoms with E-state index in [0.29, 0.717) is 0 Å². The molecule has 0 saturated heterocycles. The van der Waals surface area contributed by atoms with Gasteiger partial charge in [0.1, 0.15) is 0 Å². The Kier molecular flexibility index (Phi) is 5.25. The van der Waals surface area contributed by atoms with E-state index < -0.39 is 5.51 Å². The number of rotatable bonds is 3. The molecule has 1 aliphatic carbocycles. The second-order valence-corrected chi connectivity index (χ2v) is 16.2. The van der Waals surface area contributed by atoms with Crippen molar-refractivity contribution in [1.82, 2.24) is 14.4 Å². The van der Waals surface area contributed by atoms with Gasteiger partial charge in [-0.25, -0.2) is 0 Å². The third kappa shape index (κ3) is 3.39. The van der Waals surface area contributed by atoms with Crippen molar-refractivity contribution < 1.29 is 0 Å². The first-order chi connectivity index (χ1) is 19.2. The zero-order valence-corrected chi connectivity index (χ0v) is 23.8. The van der Waals surface area contributed by atoms with E-state index in [2.05, 4.69) is 141 Å². The number of fused-ring (bicyclic) bond motifs is 9. The van der Waals surface area contributed by atoms with Crippen molar-refractivity contribution in [3.63, 3.8) is 0 Å². The molecule has 4 aromatic carbocycles. The molecule has 0 atom stereocenters. The van der Waals surface area contributed by atoms with Crippen LogP contribution >= 0.6 is 5.51 Å². The van der Waals surface area contributed by atoms with Gasteiger partial charge in [-0.1, -0.05) is 0 Å². The van der Waals surface area contributed by atoms with Gasteiger partial charge in [-0.3, -0.25) is 0 Å². The molecule has 0 N–H and O–H groups in total. The predicted octanol–water partition coefficient (Wildman–Crippen LogP) is 4.92. The summed E-state index contributed by atoms with van der Waals surface area (Å²) in [5.74, 6) is 0. The fraction of sp³-hybridized carbons (Fsp3) is 0.0588. The number of imidazole rings is 1. The minimum atomic E-state index is -2.07. The van der Waals surface area contributed by atoms with Crippen LogP contribution in [0.1, 0.15) is 12.8 Å². The van der Waals surface area contributed by atoms with Crippen molar-refractivity contribution in [2.24, 2.45) is 0 Å². The van der Waals surface area contributed by atoms with Crippen molar-refractivity contribution in [2.45, 2.75) is 12.8 Å². The number of hydrogen-bond donors (Lipinski definition) is 0. The average molecular weight is 585 g/mol. The molecule has 39 heavy (non-hydrogen) atoms. The van der Waals surface area contributed by atoms with Gasteiger partial charge in [-0.05, 0) is 0 Å². The molecule has 0 fully saturated rings. The molecule has 7 aromatic rings. The van der Waals surface area contributed by atoms with Crippen LogP contribution in [0.3, 0.4) is 0 Å². The Bertz CT molecular complexity index is 2210. The average Bonchev–Trinajstić information content (AvgIpc) is 3.41. The summed E-state index contributed by atoms with van der Waals surface area (Å²) in [6.07, 6.45) is 6.76. The summed E-state index contributed by atoms with van der Waals surface area (Å²) in [4.78, 5) is 10.5. The van der Waals surface area contributed by atoms with E-state index in [1.807, 2.05) is 0 Å². The minimum absolute atomic E-state index is 0.976. The number of hydrogen-bond acceptors (Lipinski definition) is 2. The topological polar surface area (TPSA) is 30.2 Å². The van der Waals surface area contributed by atoms with E-state index in [1.165, 1.54) is 31.9 Å². The van der Waals surface area contributed by atoms with Crippen molar-refractivity contribution >= 4 is 87.2 Å². The third-order valence-corrected chi connectivity index (χ3v) is 14.9. The molecule has 3 heterocycles. The van der Waals surface area contributed by atoms with E-state index in [-0.39, 0.29) is 0 Å². The molecule has 0 radical (unpaired) electrons. The summed E-state index contributed by atoms with van der Waals surface area (Å²) in [7, 11) is 0. The number of benzene rings is 4. The summed E-state index contributed by atoms with van der Waals surface area (Å²) in [5.41, 5.74) is 3.12. The Morgan fingerprint density at radius 3 is 2.08 bits per heavy atom. The molecule has 0 aliphatic heterocycles. The molecular weight excluding hydrogens is 560 g/mol. The van der Waals surface area contributed by atoms with Crippen LogP contribution in [-0.2, 0) is 0 Å². The Hall–Kier alpha value is -3.81. The van der Waals surface area contributed by atoms with Gasteiger partial charge in [-0.2, -0.15) is 0 Å². The van der Waals surface area contributed by atoms with Crippen LogP contribution in [0.2, 0.25) is 0 Å². The quantitative estimate of drug-likeness (QED) is 0.168. The molecule has 0 unspecified atom stereocenters. The Morgan fingerprint density at radius 1 is 0.641 bits per heavy atom. The zero-order valence-electron chi connectivity index (χ0n) is 21.2. The fourth-order valence-electron chi connectivity index (χ4n) is 6.08. The van der Waals surface area contributed by atoms with Crippen LogP contribution in [0.25, 0.3) is 50.6 Å². The first-order valence-corrected chi connectivity index (χ1v) is 17.3. The molecular formula is C34H24N3PSe. The molecule has 0 spiro atoms. The van der Waals surface area contributed by atoms with E-state index in [1.54, 1.807) is 0 Å². The molecule has 0 saturated carbocycles. The molecule has 8 rings (SSSR count). The molecule has 3 aromatic heterocycles. The SMILES string of the molecule is [Se]=P(c1ccccc1)(c1ccccc1)c1cccc2nc3c4c(n5c6ccccc6nc5c3cc12)=CCCC=4. The fourth-order valence-corrected chi connectivity index (χ4v) is 11.5. The van der Waals surface area contributed by atoms with Gasteiger partial charge in [0, 0.05) is 0 Å². The molecule has 5 heteroatoms. The molecule has 3 nitrogen and oxygen atoms in total. The summed E-state index contributed by atoms with van der Waals surface area (Å²) < 4.78 is 2.34. The Morgan fingerprint density at radius 2 is 1.31 bits per heavy atom. The first kappa shape index (κ1) is 23.1. The Labute approximate surface area is 233 Å². The molecule has 1 aliphatic rings. The predicted molar refractivity (Wildman–Crippen MR) is 167 cm³/mol. The first-order valence-electron chi connectivity index (χ1n) is 13.3. The van der Waals surface area contributed by atoms with Crippen molar-refractivity contribution in [2.75, 3.05) is 0 Å². The Balaban J connectivity index is 1.56. The molecule has 0 bridgehead atoms.